The molecule has 10 heteroatoms. The van der Waals surface area contributed by atoms with Crippen LogP contribution in [0.15, 0.2) is 21.6 Å². The quantitative estimate of drug-likeness (QED) is 0.666. The lowest BCUT2D eigenvalue weighted by molar-refractivity contribution is -0.132. The van der Waals surface area contributed by atoms with Crippen molar-refractivity contribution in [1.29, 1.82) is 0 Å². The highest BCUT2D eigenvalue weighted by molar-refractivity contribution is 7.89. The van der Waals surface area contributed by atoms with Gasteiger partial charge >= 0.3 is 6.18 Å². The van der Waals surface area contributed by atoms with Gasteiger partial charge in [-0.05, 0) is 12.1 Å². The number of sulfonamides is 1. The maximum Gasteiger partial charge on any atom is 0.390 e. The van der Waals surface area contributed by atoms with Gasteiger partial charge in [-0.25, -0.2) is 13.1 Å². The molecule has 0 amide bonds. The Morgan fingerprint density at radius 1 is 1.29 bits per heavy atom. The molecule has 0 radical (unpaired) electrons. The number of hydrogen-bond acceptors (Lipinski definition) is 5. The molecule has 6 nitrogen and oxygen atoms in total. The van der Waals surface area contributed by atoms with E-state index >= 15 is 0 Å². The van der Waals surface area contributed by atoms with Crippen molar-refractivity contribution in [1.82, 2.24) is 10.0 Å². The minimum absolute atomic E-state index is 0.293. The van der Waals surface area contributed by atoms with E-state index in [4.69, 9.17) is 9.15 Å². The molecule has 0 saturated carbocycles. The number of rotatable bonds is 9. The summed E-state index contributed by atoms with van der Waals surface area (Å²) in [5.41, 5.74) is 0. The first kappa shape index (κ1) is 18.0. The van der Waals surface area contributed by atoms with Crippen molar-refractivity contribution in [2.24, 2.45) is 0 Å². The summed E-state index contributed by atoms with van der Waals surface area (Å²) in [5, 5.41) is 2.54. The standard InChI is InChI=1S/C11H17F3N2O4S/c1-19-7-6-15-8-9-2-3-10(20-9)21(17,18)16-5-4-11(12,13)14/h2-3,15-16H,4-8H2,1H3. The Hall–Kier alpha value is -1.10. The van der Waals surface area contributed by atoms with Crippen LogP contribution in [0.25, 0.3) is 0 Å². The van der Waals surface area contributed by atoms with Crippen LogP contribution in [0.4, 0.5) is 13.2 Å². The van der Waals surface area contributed by atoms with Gasteiger partial charge in [-0.2, -0.15) is 13.2 Å². The zero-order chi connectivity index (χ0) is 15.9. The van der Waals surface area contributed by atoms with Crippen LogP contribution >= 0.6 is 0 Å². The zero-order valence-corrected chi connectivity index (χ0v) is 12.2. The van der Waals surface area contributed by atoms with Crippen molar-refractivity contribution in [3.8, 4) is 0 Å². The van der Waals surface area contributed by atoms with Gasteiger partial charge in [0.05, 0.1) is 19.6 Å². The molecular formula is C11H17F3N2O4S. The lowest BCUT2D eigenvalue weighted by Gasteiger charge is -2.07. The Kier molecular flexibility index (Phi) is 6.65. The number of alkyl halides is 3. The number of hydrogen-bond donors (Lipinski definition) is 2. The second kappa shape index (κ2) is 7.78. The smallest absolute Gasteiger partial charge is 0.390 e. The fraction of sp³-hybridized carbons (Fsp3) is 0.636. The van der Waals surface area contributed by atoms with Gasteiger partial charge in [-0.3, -0.25) is 0 Å². The maximum atomic E-state index is 12.0. The predicted molar refractivity (Wildman–Crippen MR) is 68.2 cm³/mol. The summed E-state index contributed by atoms with van der Waals surface area (Å²) < 4.78 is 71.0. The Morgan fingerprint density at radius 3 is 2.62 bits per heavy atom. The Morgan fingerprint density at radius 2 is 2.00 bits per heavy atom. The van der Waals surface area contributed by atoms with Crippen LogP contribution in [0.5, 0.6) is 0 Å². The molecule has 0 bridgehead atoms. The molecule has 0 aliphatic rings. The number of ether oxygens (including phenoxy) is 1. The largest absolute Gasteiger partial charge is 0.447 e. The van der Waals surface area contributed by atoms with Crippen LogP contribution in [-0.2, 0) is 21.3 Å². The molecule has 0 aliphatic carbocycles. The first-order valence-corrected chi connectivity index (χ1v) is 7.58. The second-order valence-corrected chi connectivity index (χ2v) is 5.85. The molecule has 0 unspecified atom stereocenters. The Bertz CT molecular complexity index is 528. The summed E-state index contributed by atoms with van der Waals surface area (Å²) in [6, 6.07) is 2.64. The highest BCUT2D eigenvalue weighted by Crippen LogP contribution is 2.19. The van der Waals surface area contributed by atoms with Crippen molar-refractivity contribution in [3.05, 3.63) is 17.9 Å². The average molecular weight is 330 g/mol. The maximum absolute atomic E-state index is 12.0. The molecule has 1 aromatic heterocycles. The lowest BCUT2D eigenvalue weighted by Crippen LogP contribution is -2.27. The summed E-state index contributed by atoms with van der Waals surface area (Å²) in [6.07, 6.45) is -5.65. The molecular weight excluding hydrogens is 313 g/mol. The van der Waals surface area contributed by atoms with E-state index in [2.05, 4.69) is 5.32 Å². The molecule has 122 valence electrons. The third-order valence-corrected chi connectivity index (χ3v) is 3.72. The van der Waals surface area contributed by atoms with Crippen LogP contribution in [0.1, 0.15) is 12.2 Å². The number of methoxy groups -OCH3 is 1. The van der Waals surface area contributed by atoms with Crippen LogP contribution in [0.3, 0.4) is 0 Å². The first-order valence-electron chi connectivity index (χ1n) is 6.09. The third kappa shape index (κ3) is 6.93. The van der Waals surface area contributed by atoms with E-state index in [0.717, 1.165) is 0 Å². The van der Waals surface area contributed by atoms with Crippen LogP contribution in [0, 0.1) is 0 Å². The summed E-state index contributed by atoms with van der Waals surface area (Å²) >= 11 is 0. The topological polar surface area (TPSA) is 80.6 Å². The lowest BCUT2D eigenvalue weighted by atomic mass is 10.4. The van der Waals surface area contributed by atoms with E-state index in [1.165, 1.54) is 12.1 Å². The number of halogens is 3. The SMILES string of the molecule is COCCNCc1ccc(S(=O)(=O)NCCC(F)(F)F)o1. The van der Waals surface area contributed by atoms with Crippen molar-refractivity contribution in [2.45, 2.75) is 24.2 Å². The molecule has 1 heterocycles. The fourth-order valence-corrected chi connectivity index (χ4v) is 2.36. The fourth-order valence-electron chi connectivity index (χ4n) is 1.38. The van der Waals surface area contributed by atoms with Gasteiger partial charge in [0.25, 0.3) is 10.0 Å². The number of nitrogens with one attached hydrogen (secondary N) is 2. The normalized spacial score (nSPS) is 12.8. The third-order valence-electron chi connectivity index (χ3n) is 2.38. The van der Waals surface area contributed by atoms with Crippen LogP contribution < -0.4 is 10.0 Å². The van der Waals surface area contributed by atoms with Crippen LogP contribution in [0.2, 0.25) is 0 Å². The molecule has 0 aliphatic heterocycles. The molecule has 1 rings (SSSR count). The minimum Gasteiger partial charge on any atom is -0.447 e. The minimum atomic E-state index is -4.41. The first-order chi connectivity index (χ1) is 9.74. The Balaban J connectivity index is 2.50. The zero-order valence-electron chi connectivity index (χ0n) is 11.4. The van der Waals surface area contributed by atoms with E-state index in [0.29, 0.717) is 25.5 Å². The summed E-state index contributed by atoms with van der Waals surface area (Å²) in [5.74, 6) is 0.363. The van der Waals surface area contributed by atoms with E-state index in [1.54, 1.807) is 7.11 Å². The van der Waals surface area contributed by atoms with E-state index in [1.807, 2.05) is 4.72 Å². The predicted octanol–water partition coefficient (Wildman–Crippen LogP) is 1.25. The Labute approximate surface area is 120 Å². The molecule has 0 atom stereocenters. The van der Waals surface area contributed by atoms with Gasteiger partial charge in [0, 0.05) is 20.2 Å². The van der Waals surface area contributed by atoms with E-state index < -0.39 is 34.3 Å². The van der Waals surface area contributed by atoms with Gasteiger partial charge in [-0.1, -0.05) is 0 Å². The van der Waals surface area contributed by atoms with Gasteiger partial charge < -0.3 is 14.5 Å². The average Bonchev–Trinajstić information content (AvgIpc) is 2.82. The van der Waals surface area contributed by atoms with Gasteiger partial charge in [0.1, 0.15) is 5.76 Å². The van der Waals surface area contributed by atoms with Crippen molar-refractivity contribution >= 4 is 10.0 Å². The number of furan rings is 1. The monoisotopic (exact) mass is 330 g/mol. The molecule has 0 spiro atoms. The summed E-state index contributed by atoms with van der Waals surface area (Å²) in [6.45, 7) is 0.614. The molecule has 2 N–H and O–H groups in total. The molecule has 0 fully saturated rings. The molecule has 0 saturated heterocycles. The van der Waals surface area contributed by atoms with E-state index in [9.17, 15) is 21.6 Å². The highest BCUT2D eigenvalue weighted by atomic mass is 32.2. The summed E-state index contributed by atoms with van der Waals surface area (Å²) in [7, 11) is -2.52. The molecule has 1 aromatic rings. The van der Waals surface area contributed by atoms with Gasteiger partial charge in [-0.15, -0.1) is 0 Å². The highest BCUT2D eigenvalue weighted by Gasteiger charge is 2.28. The van der Waals surface area contributed by atoms with Crippen molar-refractivity contribution in [2.75, 3.05) is 26.8 Å². The van der Waals surface area contributed by atoms with Gasteiger partial charge in [0.2, 0.25) is 5.09 Å². The second-order valence-electron chi connectivity index (χ2n) is 4.15. The van der Waals surface area contributed by atoms with Crippen LogP contribution in [-0.4, -0.2) is 41.4 Å². The molecule has 21 heavy (non-hydrogen) atoms. The van der Waals surface area contributed by atoms with E-state index in [-0.39, 0.29) is 0 Å². The van der Waals surface area contributed by atoms with Crippen molar-refractivity contribution in [3.63, 3.8) is 0 Å². The summed E-state index contributed by atoms with van der Waals surface area (Å²) in [4.78, 5) is 0. The molecule has 0 aromatic carbocycles. The van der Waals surface area contributed by atoms with Crippen molar-refractivity contribution < 1.29 is 30.7 Å². The van der Waals surface area contributed by atoms with Gasteiger partial charge in [0.15, 0.2) is 0 Å².